The topological polar surface area (TPSA) is 155 Å². The van der Waals surface area contributed by atoms with Crippen molar-refractivity contribution in [1.29, 1.82) is 0 Å². The normalized spacial score (nSPS) is 14.5. The van der Waals surface area contributed by atoms with Crippen LogP contribution in [-0.4, -0.2) is 59.8 Å². The van der Waals surface area contributed by atoms with Gasteiger partial charge in [0.1, 0.15) is 0 Å². The minimum Gasteiger partial charge on any atom is -0.208 e. The van der Waals surface area contributed by atoms with E-state index in [1.165, 1.54) is 98.1 Å². The van der Waals surface area contributed by atoms with Gasteiger partial charge >= 0.3 is 0 Å². The quantitative estimate of drug-likeness (QED) is 0.102. The Hall–Kier alpha value is -16.5. The Balaban J connectivity index is 0.000000140. The van der Waals surface area contributed by atoms with Crippen molar-refractivity contribution >= 4 is 42.8 Å². The largest absolute Gasteiger partial charge is 0.208 e. The molecule has 0 fully saturated rings. The first kappa shape index (κ1) is 76.0. The fourth-order valence-electron chi connectivity index (χ4n) is 19.7. The molecule has 4 atom stereocenters. The predicted octanol–water partition coefficient (Wildman–Crippen LogP) is 27.9. The third-order valence-electron chi connectivity index (χ3n) is 25.7. The third kappa shape index (κ3) is 13.4. The molecule has 6 aromatic heterocycles. The number of benzene rings is 16. The second-order valence-corrected chi connectivity index (χ2v) is 35.0. The molecule has 6 aliphatic carbocycles. The molecule has 16 aromatic carbocycles. The first-order chi connectivity index (χ1) is 64.4. The molecule has 0 saturated heterocycles. The standard InChI is InChI=1S/2C58H36N6S/c1-4-16-35(17-5-1)53-59-54(36-18-6-2-7-19-36)61-56(60-53)38-28-30-44-47(32-38)51-42-24-11-12-25-43(42)52(44)48-33-39(29-31-45(48)51)57-62-55(37-20-8-3-9-21-37)63-58(64-57)46-26-13-10-22-40(46)49-34-65-50-27-15-14-23-41(49)50;1-4-15-35(16-5-1)53-59-54(36-17-6-2-7-18-36)62-57(61-53)40-27-29-45-47(32-40)51-43-24-10-11-25-44(43)52(45)48-33-41(28-30-46(48)51)58-63-55(37-19-8-3-9-20-37)60-56(64-58)39-22-14-21-38(31-39)49-34-65-50-26-13-12-23-42(49)50/h2*1-34,51-52H. The number of nitrogens with zero attached hydrogens (tertiary/aromatic N) is 12. The van der Waals surface area contributed by atoms with Crippen molar-refractivity contribution in [2.24, 2.45) is 0 Å². The summed E-state index contributed by atoms with van der Waals surface area (Å²) in [7, 11) is 0. The molecule has 12 nitrogen and oxygen atoms in total. The Labute approximate surface area is 757 Å². The zero-order chi connectivity index (χ0) is 85.7. The van der Waals surface area contributed by atoms with Crippen LogP contribution in [0, 0.1) is 0 Å². The van der Waals surface area contributed by atoms with E-state index in [2.05, 4.69) is 253 Å². The van der Waals surface area contributed by atoms with E-state index in [1.54, 1.807) is 22.7 Å². The van der Waals surface area contributed by atoms with Crippen LogP contribution in [0.4, 0.5) is 0 Å². The SMILES string of the molecule is c1ccc(-c2nc(-c3ccccc3)nc(-c3ccc4c(c3)C3c5ccccc5C4c4cc(-c5nc(-c6ccccc6)nc(-c6cccc(-c7csc8ccccc78)c6)n5)ccc43)n2)cc1.c1ccc(-c2nc(-c3ccccc3)nc(-c3ccc4c(c3)C3c5ccccc5C4c4cc(-c5nc(-c6ccccc6)nc(-c6ccccc6-c6csc7ccccc67)n5)ccc43)n2)cc1. The van der Waals surface area contributed by atoms with Gasteiger partial charge in [-0.25, -0.2) is 59.8 Å². The van der Waals surface area contributed by atoms with Crippen LogP contribution in [0.2, 0.25) is 0 Å². The number of thiophene rings is 2. The molecule has 4 unspecified atom stereocenters. The maximum absolute atomic E-state index is 5.31. The van der Waals surface area contributed by atoms with Crippen LogP contribution in [0.25, 0.3) is 179 Å². The second kappa shape index (κ2) is 31.9. The Morgan fingerprint density at radius 3 is 0.685 bits per heavy atom. The van der Waals surface area contributed by atoms with Crippen molar-refractivity contribution in [3.05, 3.63) is 478 Å². The lowest BCUT2D eigenvalue weighted by Gasteiger charge is -2.42. The summed E-state index contributed by atoms with van der Waals surface area (Å²) < 4.78 is 2.52. The summed E-state index contributed by atoms with van der Waals surface area (Å²) in [5.41, 5.74) is 31.7. The van der Waals surface area contributed by atoms with E-state index in [4.69, 9.17) is 59.8 Å². The summed E-state index contributed by atoms with van der Waals surface area (Å²) in [6.07, 6.45) is 0. The van der Waals surface area contributed by atoms with E-state index in [0.717, 1.165) is 77.9 Å². The number of hydrogen-bond acceptors (Lipinski definition) is 14. The predicted molar refractivity (Wildman–Crippen MR) is 523 cm³/mol. The van der Waals surface area contributed by atoms with Crippen molar-refractivity contribution in [2.45, 2.75) is 23.7 Å². The Bertz CT molecular complexity index is 8090. The van der Waals surface area contributed by atoms with Gasteiger partial charge in [0, 0.05) is 122 Å². The Morgan fingerprint density at radius 2 is 0.362 bits per heavy atom. The minimum absolute atomic E-state index is 0.0239. The molecular weight excluding hydrogens is 1630 g/mol. The molecule has 0 spiro atoms. The van der Waals surface area contributed by atoms with Gasteiger partial charge in [0.15, 0.2) is 69.9 Å². The van der Waals surface area contributed by atoms with Crippen LogP contribution in [0.15, 0.2) is 411 Å². The van der Waals surface area contributed by atoms with Gasteiger partial charge in [0.05, 0.1) is 0 Å². The second-order valence-electron chi connectivity index (χ2n) is 33.2. The average molecular weight is 1700 g/mol. The maximum Gasteiger partial charge on any atom is 0.164 e. The van der Waals surface area contributed by atoms with Gasteiger partial charge in [-0.3, -0.25) is 0 Å². The molecule has 28 rings (SSSR count). The highest BCUT2D eigenvalue weighted by Gasteiger charge is 2.44. The zero-order valence-electron chi connectivity index (χ0n) is 69.8. The van der Waals surface area contributed by atoms with Gasteiger partial charge in [0.25, 0.3) is 0 Å². The number of fused-ring (bicyclic) bond motifs is 2. The van der Waals surface area contributed by atoms with Crippen LogP contribution < -0.4 is 0 Å². The van der Waals surface area contributed by atoms with Gasteiger partial charge in [-0.05, 0) is 131 Å². The fraction of sp³-hybridized carbons (Fsp3) is 0.0345. The van der Waals surface area contributed by atoms with Gasteiger partial charge in [0.2, 0.25) is 0 Å². The average Bonchev–Trinajstić information content (AvgIpc) is 0.750. The first-order valence-corrected chi connectivity index (χ1v) is 45.4. The van der Waals surface area contributed by atoms with Crippen LogP contribution in [0.3, 0.4) is 0 Å². The first-order valence-electron chi connectivity index (χ1n) is 43.7. The Morgan fingerprint density at radius 1 is 0.138 bits per heavy atom. The summed E-state index contributed by atoms with van der Waals surface area (Å²) in [5, 5.41) is 6.96. The van der Waals surface area contributed by atoms with E-state index in [9.17, 15) is 0 Å². The van der Waals surface area contributed by atoms with E-state index in [0.29, 0.717) is 69.9 Å². The molecular formula is C116H72N12S2. The molecule has 0 saturated carbocycles. The molecule has 22 aromatic rings. The molecule has 0 amide bonds. The monoisotopic (exact) mass is 1700 g/mol. The van der Waals surface area contributed by atoms with E-state index in [1.807, 2.05) is 158 Å². The molecule has 0 N–H and O–H groups in total. The van der Waals surface area contributed by atoms with E-state index >= 15 is 0 Å². The van der Waals surface area contributed by atoms with Gasteiger partial charge in [-0.2, -0.15) is 0 Å². The smallest absolute Gasteiger partial charge is 0.164 e. The molecule has 6 heterocycles. The van der Waals surface area contributed by atoms with Crippen molar-refractivity contribution in [2.75, 3.05) is 0 Å². The lowest BCUT2D eigenvalue weighted by atomic mass is 9.61. The molecule has 0 aliphatic heterocycles. The van der Waals surface area contributed by atoms with Gasteiger partial charge in [-0.1, -0.05) is 358 Å². The van der Waals surface area contributed by atoms with E-state index in [-0.39, 0.29) is 23.7 Å². The van der Waals surface area contributed by atoms with Crippen molar-refractivity contribution in [3.63, 3.8) is 0 Å². The summed E-state index contributed by atoms with van der Waals surface area (Å²) in [6.45, 7) is 0. The lowest BCUT2D eigenvalue weighted by Crippen LogP contribution is -2.27. The van der Waals surface area contributed by atoms with Crippen molar-refractivity contribution in [1.82, 2.24) is 59.8 Å². The minimum atomic E-state index is 0.0239. The highest BCUT2D eigenvalue weighted by atomic mass is 32.1. The molecule has 130 heavy (non-hydrogen) atoms. The number of rotatable bonds is 14. The van der Waals surface area contributed by atoms with E-state index < -0.39 is 0 Å². The fourth-order valence-corrected chi connectivity index (χ4v) is 21.6. The third-order valence-corrected chi connectivity index (χ3v) is 27.6. The van der Waals surface area contributed by atoms with Gasteiger partial charge < -0.3 is 0 Å². The summed E-state index contributed by atoms with van der Waals surface area (Å²) >= 11 is 3.53. The molecule has 0 radical (unpaired) electrons. The summed E-state index contributed by atoms with van der Waals surface area (Å²) in [5.74, 6) is 7.88. The van der Waals surface area contributed by atoms with Crippen LogP contribution in [0.5, 0.6) is 0 Å². The van der Waals surface area contributed by atoms with Gasteiger partial charge in [-0.15, -0.1) is 22.7 Å². The number of hydrogen-bond donors (Lipinski definition) is 0. The maximum atomic E-state index is 5.31. The molecule has 14 heteroatoms. The summed E-state index contributed by atoms with van der Waals surface area (Å²) in [4.78, 5) is 61.5. The summed E-state index contributed by atoms with van der Waals surface area (Å²) in [6, 6.07) is 140. The van der Waals surface area contributed by atoms with Crippen LogP contribution in [0.1, 0.15) is 90.4 Å². The molecule has 4 bridgehead atoms. The molecule has 608 valence electrons. The van der Waals surface area contributed by atoms with Crippen molar-refractivity contribution < 1.29 is 0 Å². The highest BCUT2D eigenvalue weighted by molar-refractivity contribution is 7.18. The highest BCUT2D eigenvalue weighted by Crippen LogP contribution is 2.59. The van der Waals surface area contributed by atoms with Crippen LogP contribution in [-0.2, 0) is 0 Å². The zero-order valence-corrected chi connectivity index (χ0v) is 71.4. The van der Waals surface area contributed by atoms with Crippen LogP contribution >= 0.6 is 22.7 Å². The number of aromatic nitrogens is 12. The molecule has 6 aliphatic rings. The lowest BCUT2D eigenvalue weighted by molar-refractivity contribution is 0.754. The Kier molecular flexibility index (Phi) is 18.6. The van der Waals surface area contributed by atoms with Crippen molar-refractivity contribution in [3.8, 4) is 159 Å².